The number of amides is 4. The third kappa shape index (κ3) is 14.9. The van der Waals surface area contributed by atoms with E-state index in [4.69, 9.17) is 21.1 Å². The summed E-state index contributed by atoms with van der Waals surface area (Å²) in [4.78, 5) is 95.1. The van der Waals surface area contributed by atoms with Crippen LogP contribution in [-0.2, 0) is 44.8 Å². The molecule has 0 heterocycles. The van der Waals surface area contributed by atoms with Gasteiger partial charge in [-0.05, 0) is 24.8 Å². The molecule has 4 amide bonds. The van der Waals surface area contributed by atoms with Crippen LogP contribution in [0.2, 0.25) is 0 Å². The maximum Gasteiger partial charge on any atom is 0.326 e. The van der Waals surface area contributed by atoms with Crippen molar-refractivity contribution >= 4 is 47.5 Å². The van der Waals surface area contributed by atoms with Crippen molar-refractivity contribution in [1.29, 1.82) is 0 Å². The first-order valence-corrected chi connectivity index (χ1v) is 13.0. The maximum atomic E-state index is 13.0. The third-order valence-electron chi connectivity index (χ3n) is 5.90. The van der Waals surface area contributed by atoms with E-state index < -0.39 is 110 Å². The second kappa shape index (κ2) is 18.4. The summed E-state index contributed by atoms with van der Waals surface area (Å²) in [6.45, 7) is -0.709. The summed E-state index contributed by atoms with van der Waals surface area (Å²) >= 11 is 0. The van der Waals surface area contributed by atoms with Gasteiger partial charge in [0.2, 0.25) is 23.6 Å². The molecule has 17 nitrogen and oxygen atoms in total. The molecule has 4 unspecified atom stereocenters. The molecule has 236 valence electrons. The molecule has 0 aliphatic rings. The number of carbonyl (C=O) groups excluding carboxylic acids is 4. The Morgan fingerprint density at radius 1 is 0.628 bits per heavy atom. The van der Waals surface area contributed by atoms with Crippen molar-refractivity contribution in [3.63, 3.8) is 0 Å². The summed E-state index contributed by atoms with van der Waals surface area (Å²) in [5.41, 5.74) is 6.13. The first kappa shape index (κ1) is 36.0. The van der Waals surface area contributed by atoms with E-state index in [1.165, 1.54) is 0 Å². The molecule has 10 N–H and O–H groups in total. The summed E-state index contributed by atoms with van der Waals surface area (Å²) in [6.07, 6.45) is -2.85. The molecular weight excluding hydrogens is 574 g/mol. The highest BCUT2D eigenvalue weighted by molar-refractivity contribution is 5.94. The molecule has 0 bridgehead atoms. The Morgan fingerprint density at radius 2 is 1.09 bits per heavy atom. The molecule has 0 radical (unpaired) electrons. The average Bonchev–Trinajstić information content (AvgIpc) is 2.94. The molecule has 1 aromatic carbocycles. The monoisotopic (exact) mass is 609 g/mol. The topological polar surface area (TPSA) is 292 Å². The molecule has 0 fully saturated rings. The molecule has 43 heavy (non-hydrogen) atoms. The molecule has 17 heteroatoms. The number of hydrogen-bond donors (Lipinski definition) is 9. The molecule has 0 aliphatic heterocycles. The smallest absolute Gasteiger partial charge is 0.326 e. The Bertz CT molecular complexity index is 1180. The standard InChI is InChI=1S/C26H35N5O12/c27-15(6-9-20(33)34)23(39)28-13-19(32)29-16(7-10-21(35)36)24(40)30-17(8-11-22(37)38)25(41)31-18(26(42)43)12-14-4-2-1-3-5-14/h1-5,15-18H,6-13,27H2,(H,28,39)(H,29,32)(H,30,40)(H,31,41)(H,33,34)(H,35,36)(H,37,38)(H,42,43). The number of benzene rings is 1. The highest BCUT2D eigenvalue weighted by Gasteiger charge is 2.30. The van der Waals surface area contributed by atoms with Crippen molar-refractivity contribution in [2.24, 2.45) is 5.73 Å². The second-order valence-corrected chi connectivity index (χ2v) is 9.39. The summed E-state index contributed by atoms with van der Waals surface area (Å²) in [5, 5.41) is 45.3. The Labute approximate surface area is 245 Å². The van der Waals surface area contributed by atoms with Crippen LogP contribution in [0, 0.1) is 0 Å². The van der Waals surface area contributed by atoms with Crippen molar-refractivity contribution < 1.29 is 58.8 Å². The van der Waals surface area contributed by atoms with Gasteiger partial charge in [-0.3, -0.25) is 33.6 Å². The van der Waals surface area contributed by atoms with Crippen molar-refractivity contribution in [2.45, 2.75) is 69.1 Å². The van der Waals surface area contributed by atoms with E-state index in [1.54, 1.807) is 30.3 Å². The van der Waals surface area contributed by atoms with Crippen molar-refractivity contribution in [3.8, 4) is 0 Å². The van der Waals surface area contributed by atoms with E-state index in [1.807, 2.05) is 0 Å². The first-order chi connectivity index (χ1) is 20.2. The number of hydrogen-bond acceptors (Lipinski definition) is 9. The minimum Gasteiger partial charge on any atom is -0.481 e. The predicted octanol–water partition coefficient (Wildman–Crippen LogP) is -2.19. The van der Waals surface area contributed by atoms with E-state index >= 15 is 0 Å². The lowest BCUT2D eigenvalue weighted by molar-refractivity contribution is -0.143. The van der Waals surface area contributed by atoms with Gasteiger partial charge in [0.05, 0.1) is 12.6 Å². The van der Waals surface area contributed by atoms with Crippen LogP contribution in [0.1, 0.15) is 44.1 Å². The number of rotatable bonds is 20. The molecular formula is C26H35N5O12. The van der Waals surface area contributed by atoms with Gasteiger partial charge in [0.25, 0.3) is 0 Å². The molecule has 4 atom stereocenters. The summed E-state index contributed by atoms with van der Waals surface area (Å²) in [7, 11) is 0. The van der Waals surface area contributed by atoms with Gasteiger partial charge in [0.1, 0.15) is 18.1 Å². The Balaban J connectivity index is 2.97. The molecule has 0 saturated carbocycles. The van der Waals surface area contributed by atoms with E-state index in [2.05, 4.69) is 21.3 Å². The minimum absolute atomic E-state index is 0.121. The Kier molecular flexibility index (Phi) is 15.4. The van der Waals surface area contributed by atoms with Gasteiger partial charge in [-0.25, -0.2) is 4.79 Å². The summed E-state index contributed by atoms with van der Waals surface area (Å²) in [5.74, 6) is -9.12. The Morgan fingerprint density at radius 3 is 1.58 bits per heavy atom. The van der Waals surface area contributed by atoms with Crippen LogP contribution < -0.4 is 27.0 Å². The van der Waals surface area contributed by atoms with E-state index in [0.717, 1.165) is 0 Å². The highest BCUT2D eigenvalue weighted by Crippen LogP contribution is 2.07. The van der Waals surface area contributed by atoms with E-state index in [-0.39, 0.29) is 12.8 Å². The van der Waals surface area contributed by atoms with Crippen LogP contribution in [0.25, 0.3) is 0 Å². The van der Waals surface area contributed by atoms with Gasteiger partial charge in [0, 0.05) is 25.7 Å². The normalized spacial score (nSPS) is 13.3. The molecule has 1 aromatic rings. The van der Waals surface area contributed by atoms with Crippen molar-refractivity contribution in [1.82, 2.24) is 21.3 Å². The number of nitrogens with two attached hydrogens (primary N) is 1. The lowest BCUT2D eigenvalue weighted by atomic mass is 10.0. The summed E-state index contributed by atoms with van der Waals surface area (Å²) in [6, 6.07) is 2.50. The zero-order valence-corrected chi connectivity index (χ0v) is 23.0. The minimum atomic E-state index is -1.57. The van der Waals surface area contributed by atoms with Crippen LogP contribution in [0.3, 0.4) is 0 Å². The van der Waals surface area contributed by atoms with Gasteiger partial charge in [-0.1, -0.05) is 30.3 Å². The Hall–Kier alpha value is -5.06. The van der Waals surface area contributed by atoms with Crippen LogP contribution in [0.15, 0.2) is 30.3 Å². The fraction of sp³-hybridized carbons (Fsp3) is 0.462. The fourth-order valence-corrected chi connectivity index (χ4v) is 3.62. The first-order valence-electron chi connectivity index (χ1n) is 13.0. The van der Waals surface area contributed by atoms with Crippen LogP contribution in [0.4, 0.5) is 0 Å². The zero-order chi connectivity index (χ0) is 32.5. The molecule has 0 saturated heterocycles. The van der Waals surface area contributed by atoms with Gasteiger partial charge >= 0.3 is 23.9 Å². The molecule has 0 aromatic heterocycles. The van der Waals surface area contributed by atoms with Crippen LogP contribution in [-0.4, -0.2) is 98.6 Å². The number of carboxylic acids is 4. The number of carbonyl (C=O) groups is 8. The molecule has 1 rings (SSSR count). The quantitative estimate of drug-likeness (QED) is 0.0760. The SMILES string of the molecule is NC(CCC(=O)O)C(=O)NCC(=O)NC(CCC(=O)O)C(=O)NC(CCC(=O)O)C(=O)NC(Cc1ccccc1)C(=O)O. The molecule has 0 aliphatic carbocycles. The van der Waals surface area contributed by atoms with Crippen LogP contribution in [0.5, 0.6) is 0 Å². The zero-order valence-electron chi connectivity index (χ0n) is 23.0. The fourth-order valence-electron chi connectivity index (χ4n) is 3.62. The number of carboxylic acid groups (broad SMARTS) is 4. The van der Waals surface area contributed by atoms with E-state index in [9.17, 15) is 43.5 Å². The predicted molar refractivity (Wildman–Crippen MR) is 145 cm³/mol. The van der Waals surface area contributed by atoms with Crippen molar-refractivity contribution in [3.05, 3.63) is 35.9 Å². The maximum absolute atomic E-state index is 13.0. The largest absolute Gasteiger partial charge is 0.481 e. The average molecular weight is 610 g/mol. The number of nitrogens with one attached hydrogen (secondary N) is 4. The van der Waals surface area contributed by atoms with Gasteiger partial charge in [0.15, 0.2) is 0 Å². The van der Waals surface area contributed by atoms with Gasteiger partial charge < -0.3 is 47.4 Å². The summed E-state index contributed by atoms with van der Waals surface area (Å²) < 4.78 is 0. The van der Waals surface area contributed by atoms with Gasteiger partial charge in [-0.15, -0.1) is 0 Å². The lowest BCUT2D eigenvalue weighted by Crippen LogP contribution is -2.57. The third-order valence-corrected chi connectivity index (χ3v) is 5.90. The molecule has 0 spiro atoms. The number of aliphatic carboxylic acids is 4. The van der Waals surface area contributed by atoms with E-state index in [0.29, 0.717) is 5.56 Å². The second-order valence-electron chi connectivity index (χ2n) is 9.39. The lowest BCUT2D eigenvalue weighted by Gasteiger charge is -2.24. The van der Waals surface area contributed by atoms with Gasteiger partial charge in [-0.2, -0.15) is 0 Å². The van der Waals surface area contributed by atoms with Crippen LogP contribution >= 0.6 is 0 Å². The van der Waals surface area contributed by atoms with Crippen molar-refractivity contribution in [2.75, 3.05) is 6.54 Å². The highest BCUT2D eigenvalue weighted by atomic mass is 16.4.